The van der Waals surface area contributed by atoms with Crippen LogP contribution in [0.1, 0.15) is 66.9 Å². The van der Waals surface area contributed by atoms with Crippen molar-refractivity contribution in [3.05, 3.63) is 47.2 Å². The summed E-state index contributed by atoms with van der Waals surface area (Å²) in [5.41, 5.74) is 2.80. The Bertz CT molecular complexity index is 985. The molecule has 0 unspecified atom stereocenters. The van der Waals surface area contributed by atoms with Gasteiger partial charge in [-0.05, 0) is 50.3 Å². The first-order valence-electron chi connectivity index (χ1n) is 13.8. The smallest absolute Gasteiger partial charge is 0.256 e. The summed E-state index contributed by atoms with van der Waals surface area (Å²) in [6, 6.07) is 8.68. The zero-order valence-corrected chi connectivity index (χ0v) is 22.4. The molecule has 1 saturated heterocycles. The van der Waals surface area contributed by atoms with Gasteiger partial charge in [0.15, 0.2) is 0 Å². The third-order valence-electron chi connectivity index (χ3n) is 7.36. The number of aliphatic hydroxyl groups is 1. The van der Waals surface area contributed by atoms with Gasteiger partial charge in [0, 0.05) is 58.1 Å². The number of hydrogen-bond acceptors (Lipinski definition) is 8. The average Bonchev–Trinajstić information content (AvgIpc) is 2.91. The molecule has 1 aliphatic heterocycles. The topological polar surface area (TPSA) is 106 Å². The molecule has 2 aliphatic rings. The van der Waals surface area contributed by atoms with E-state index in [1.54, 1.807) is 6.20 Å². The highest BCUT2D eigenvalue weighted by atomic mass is 16.3. The molecule has 2 heterocycles. The van der Waals surface area contributed by atoms with E-state index in [-0.39, 0.29) is 18.1 Å². The first-order valence-corrected chi connectivity index (χ1v) is 13.8. The fourth-order valence-electron chi connectivity index (χ4n) is 4.84. The number of aromatic nitrogens is 2. The van der Waals surface area contributed by atoms with E-state index in [4.69, 9.17) is 0 Å². The van der Waals surface area contributed by atoms with Gasteiger partial charge in [0.2, 0.25) is 5.95 Å². The van der Waals surface area contributed by atoms with Gasteiger partial charge in [-0.1, -0.05) is 37.6 Å². The van der Waals surface area contributed by atoms with Crippen molar-refractivity contribution in [1.29, 1.82) is 0 Å². The number of amides is 1. The monoisotopic (exact) mass is 509 g/mol. The number of nitrogens with one attached hydrogen (secondary N) is 3. The molecule has 0 radical (unpaired) electrons. The summed E-state index contributed by atoms with van der Waals surface area (Å²) in [7, 11) is 2.17. The molecule has 4 rings (SSSR count). The summed E-state index contributed by atoms with van der Waals surface area (Å²) < 4.78 is 0. The number of benzene rings is 1. The van der Waals surface area contributed by atoms with E-state index < -0.39 is 0 Å². The van der Waals surface area contributed by atoms with Crippen molar-refractivity contribution in [2.75, 3.05) is 50.4 Å². The maximum absolute atomic E-state index is 13.2. The maximum atomic E-state index is 13.2. The largest absolute Gasteiger partial charge is 0.393 e. The van der Waals surface area contributed by atoms with Crippen molar-refractivity contribution in [1.82, 2.24) is 25.1 Å². The minimum atomic E-state index is -0.231. The number of rotatable bonds is 11. The van der Waals surface area contributed by atoms with Crippen LogP contribution in [0.15, 0.2) is 30.5 Å². The molecule has 0 spiro atoms. The van der Waals surface area contributed by atoms with Crippen molar-refractivity contribution in [3.8, 4) is 0 Å². The lowest BCUT2D eigenvalue weighted by atomic mass is 9.93. The Balaban J connectivity index is 1.35. The Morgan fingerprint density at radius 3 is 2.46 bits per heavy atom. The van der Waals surface area contributed by atoms with Crippen LogP contribution in [0.4, 0.5) is 11.8 Å². The molecule has 202 valence electrons. The van der Waals surface area contributed by atoms with E-state index in [1.165, 1.54) is 5.56 Å². The van der Waals surface area contributed by atoms with Crippen LogP contribution < -0.4 is 16.0 Å². The highest BCUT2D eigenvalue weighted by Gasteiger charge is 2.23. The molecule has 4 N–H and O–H groups in total. The molecule has 2 aromatic rings. The van der Waals surface area contributed by atoms with E-state index >= 15 is 0 Å². The second-order valence-corrected chi connectivity index (χ2v) is 10.5. The second kappa shape index (κ2) is 13.7. The standard InChI is InChI=1S/C28H43N7O2/c1-3-4-13-29-28-31-19-25(26(33-28)32-23-9-11-24(36)12-10-23)27(37)30-18-21-5-7-22(8-6-21)20-35-16-14-34(2)15-17-35/h5-8,19,23-24,36H,3-4,9-18,20H2,1-2H3,(H,30,37)(H2,29,31,32,33). The van der Waals surface area contributed by atoms with Crippen LogP contribution in [-0.2, 0) is 13.1 Å². The molecule has 0 atom stereocenters. The van der Waals surface area contributed by atoms with Gasteiger partial charge in [-0.3, -0.25) is 9.69 Å². The third kappa shape index (κ3) is 8.38. The molecule has 1 aromatic carbocycles. The summed E-state index contributed by atoms with van der Waals surface area (Å²) >= 11 is 0. The minimum absolute atomic E-state index is 0.182. The van der Waals surface area contributed by atoms with Crippen molar-refractivity contribution in [3.63, 3.8) is 0 Å². The number of hydrogen-bond donors (Lipinski definition) is 4. The first-order chi connectivity index (χ1) is 18.0. The summed E-state index contributed by atoms with van der Waals surface area (Å²) in [6.07, 6.45) is 6.72. The van der Waals surface area contributed by atoms with Gasteiger partial charge in [0.1, 0.15) is 11.4 Å². The summed E-state index contributed by atoms with van der Waals surface area (Å²) in [4.78, 5) is 27.0. The fourth-order valence-corrected chi connectivity index (χ4v) is 4.84. The average molecular weight is 510 g/mol. The molecule has 2 fully saturated rings. The predicted molar refractivity (Wildman–Crippen MR) is 148 cm³/mol. The van der Waals surface area contributed by atoms with Gasteiger partial charge in [-0.2, -0.15) is 4.98 Å². The molecule has 1 aromatic heterocycles. The van der Waals surface area contributed by atoms with Crippen molar-refractivity contribution in [2.24, 2.45) is 0 Å². The van der Waals surface area contributed by atoms with E-state index in [0.29, 0.717) is 23.9 Å². The van der Waals surface area contributed by atoms with Gasteiger partial charge < -0.3 is 26.0 Å². The molecule has 1 saturated carbocycles. The van der Waals surface area contributed by atoms with Crippen molar-refractivity contribution in [2.45, 2.75) is 70.7 Å². The van der Waals surface area contributed by atoms with E-state index in [0.717, 1.165) is 83.4 Å². The zero-order valence-electron chi connectivity index (χ0n) is 22.4. The Morgan fingerprint density at radius 2 is 1.76 bits per heavy atom. The fraction of sp³-hybridized carbons (Fsp3) is 0.607. The second-order valence-electron chi connectivity index (χ2n) is 10.5. The van der Waals surface area contributed by atoms with Gasteiger partial charge >= 0.3 is 0 Å². The third-order valence-corrected chi connectivity index (χ3v) is 7.36. The van der Waals surface area contributed by atoms with Gasteiger partial charge in [-0.25, -0.2) is 4.98 Å². The molecule has 9 nitrogen and oxygen atoms in total. The molecule has 0 bridgehead atoms. The molecule has 1 amide bonds. The van der Waals surface area contributed by atoms with Crippen LogP contribution in [0.25, 0.3) is 0 Å². The predicted octanol–water partition coefficient (Wildman–Crippen LogP) is 3.08. The minimum Gasteiger partial charge on any atom is -0.393 e. The number of piperazine rings is 1. The maximum Gasteiger partial charge on any atom is 0.256 e. The molecule has 9 heteroatoms. The van der Waals surface area contributed by atoms with Crippen LogP contribution in [0, 0.1) is 0 Å². The molecule has 37 heavy (non-hydrogen) atoms. The van der Waals surface area contributed by atoms with Gasteiger partial charge in [0.25, 0.3) is 5.91 Å². The quantitative estimate of drug-likeness (QED) is 0.343. The lowest BCUT2D eigenvalue weighted by Crippen LogP contribution is -2.43. The van der Waals surface area contributed by atoms with Gasteiger partial charge in [0.05, 0.1) is 6.10 Å². The molecule has 1 aliphatic carbocycles. The lowest BCUT2D eigenvalue weighted by Gasteiger charge is -2.32. The van der Waals surface area contributed by atoms with Gasteiger partial charge in [-0.15, -0.1) is 0 Å². The van der Waals surface area contributed by atoms with Crippen LogP contribution in [0.2, 0.25) is 0 Å². The van der Waals surface area contributed by atoms with Crippen LogP contribution in [-0.4, -0.2) is 82.7 Å². The Kier molecular flexibility index (Phi) is 10.1. The number of unbranched alkanes of at least 4 members (excludes halogenated alkanes) is 1. The normalized spacial score (nSPS) is 20.9. The Labute approximate surface area is 221 Å². The number of aliphatic hydroxyl groups excluding tert-OH is 1. The summed E-state index contributed by atoms with van der Waals surface area (Å²) in [5, 5.41) is 19.6. The molecular formula is C28H43N7O2. The zero-order chi connectivity index (χ0) is 26.0. The van der Waals surface area contributed by atoms with Crippen LogP contribution in [0.3, 0.4) is 0 Å². The Hall–Kier alpha value is -2.75. The number of carbonyl (C=O) groups excluding carboxylic acids is 1. The summed E-state index contributed by atoms with van der Waals surface area (Å²) in [5.74, 6) is 0.884. The molecular weight excluding hydrogens is 466 g/mol. The van der Waals surface area contributed by atoms with E-state index in [9.17, 15) is 9.90 Å². The van der Waals surface area contributed by atoms with E-state index in [2.05, 4.69) is 74.0 Å². The SMILES string of the molecule is CCCCNc1ncc(C(=O)NCc2ccc(CN3CCN(C)CC3)cc2)c(NC2CCC(O)CC2)n1. The highest BCUT2D eigenvalue weighted by Crippen LogP contribution is 2.24. The highest BCUT2D eigenvalue weighted by molar-refractivity contribution is 5.98. The first kappa shape index (κ1) is 27.3. The lowest BCUT2D eigenvalue weighted by molar-refractivity contribution is 0.0950. The number of likely N-dealkylation sites (N-methyl/N-ethyl adjacent to an activating group) is 1. The summed E-state index contributed by atoms with van der Waals surface area (Å²) in [6.45, 7) is 8.76. The number of carbonyl (C=O) groups is 1. The Morgan fingerprint density at radius 1 is 1.05 bits per heavy atom. The number of anilines is 2. The van der Waals surface area contributed by atoms with Crippen LogP contribution >= 0.6 is 0 Å². The number of nitrogens with zero attached hydrogens (tertiary/aromatic N) is 4. The van der Waals surface area contributed by atoms with Crippen LogP contribution in [0.5, 0.6) is 0 Å². The van der Waals surface area contributed by atoms with Crippen molar-refractivity contribution < 1.29 is 9.90 Å². The van der Waals surface area contributed by atoms with E-state index in [1.807, 2.05) is 0 Å². The van der Waals surface area contributed by atoms with Crippen molar-refractivity contribution >= 4 is 17.7 Å².